The fraction of sp³-hybridized carbons (Fsp3) is 0.833. The van der Waals surface area contributed by atoms with E-state index in [0.29, 0.717) is 11.8 Å². The van der Waals surface area contributed by atoms with Gasteiger partial charge >= 0.3 is 58.4 Å². The van der Waals surface area contributed by atoms with E-state index in [1.165, 1.54) is 0 Å². The van der Waals surface area contributed by atoms with Gasteiger partial charge in [0, 0.05) is 0 Å². The molecule has 0 radical (unpaired) electrons. The summed E-state index contributed by atoms with van der Waals surface area (Å²) < 4.78 is 37.3. The van der Waals surface area contributed by atoms with Crippen LogP contribution in [0, 0.1) is 11.8 Å². The van der Waals surface area contributed by atoms with Crippen LogP contribution in [-0.2, 0) is 0 Å². The zero-order chi connectivity index (χ0) is 13.1. The predicted molar refractivity (Wildman–Crippen MR) is 66.8 cm³/mol. The average Bonchev–Trinajstić information content (AvgIpc) is 2.41. The van der Waals surface area contributed by atoms with Gasteiger partial charge in [0.2, 0.25) is 0 Å². The van der Waals surface area contributed by atoms with Crippen molar-refractivity contribution in [1.29, 1.82) is 0 Å². The quantitative estimate of drug-likeness (QED) is 0.688. The first kappa shape index (κ1) is 19.2. The molecule has 1 unspecified atom stereocenters. The van der Waals surface area contributed by atoms with E-state index in [-0.39, 0.29) is 57.9 Å². The maximum atomic E-state index is 12.4. The summed E-state index contributed by atoms with van der Waals surface area (Å²) in [4.78, 5) is 1.90. The molecule has 1 rings (SSSR count). The summed E-state index contributed by atoms with van der Waals surface area (Å²) in [5.74, 6) is 1.29. The first-order valence-electron chi connectivity index (χ1n) is 6.40. The molecule has 1 atom stereocenters. The van der Waals surface area contributed by atoms with Crippen LogP contribution >= 0.6 is 0 Å². The molecule has 0 saturated carbocycles. The van der Waals surface area contributed by atoms with Crippen LogP contribution in [0.25, 0.3) is 0 Å². The second-order valence-electron chi connectivity index (χ2n) is 5.44. The molecule has 1 heterocycles. The molecule has 0 amide bonds. The van der Waals surface area contributed by atoms with E-state index < -0.39 is 12.4 Å². The third-order valence-corrected chi connectivity index (χ3v) is 3.70. The number of halogens is 3. The molecule has 1 aliphatic rings. The molecule has 100 valence electrons. The Hall–Kier alpha value is 1.19. The van der Waals surface area contributed by atoms with E-state index in [9.17, 15) is 12.9 Å². The standard InChI is InChI=1S/C12H22BF3N.K/c1-10(2)12-5-4-7-17(8-6-12)9-11(3)13(14,15)16;/h10,12H,3-9H2,1-2H3;/q-1;+1. The summed E-state index contributed by atoms with van der Waals surface area (Å²) >= 11 is 0. The van der Waals surface area contributed by atoms with Crippen molar-refractivity contribution < 1.29 is 64.3 Å². The summed E-state index contributed by atoms with van der Waals surface area (Å²) in [6, 6.07) is 0. The zero-order valence-electron chi connectivity index (χ0n) is 11.8. The van der Waals surface area contributed by atoms with Gasteiger partial charge in [0.25, 0.3) is 0 Å². The number of rotatable bonds is 4. The van der Waals surface area contributed by atoms with Gasteiger partial charge in [-0.2, -0.15) is 0 Å². The minimum atomic E-state index is -4.87. The van der Waals surface area contributed by atoms with Gasteiger partial charge in [-0.15, -0.1) is 12.1 Å². The van der Waals surface area contributed by atoms with Crippen molar-refractivity contribution in [2.24, 2.45) is 11.8 Å². The van der Waals surface area contributed by atoms with E-state index in [4.69, 9.17) is 0 Å². The Balaban J connectivity index is 0.00000289. The molecule has 0 aliphatic carbocycles. The molecule has 0 bridgehead atoms. The van der Waals surface area contributed by atoms with Gasteiger partial charge in [-0.25, -0.2) is 0 Å². The van der Waals surface area contributed by atoms with Crippen LogP contribution in [0.5, 0.6) is 0 Å². The average molecular weight is 287 g/mol. The second kappa shape index (κ2) is 8.47. The Kier molecular flexibility index (Phi) is 9.03. The molecule has 0 spiro atoms. The maximum Gasteiger partial charge on any atom is 1.00 e. The van der Waals surface area contributed by atoms with Crippen molar-refractivity contribution in [1.82, 2.24) is 4.90 Å². The van der Waals surface area contributed by atoms with Crippen LogP contribution in [0.1, 0.15) is 33.1 Å². The van der Waals surface area contributed by atoms with Crippen LogP contribution in [0.4, 0.5) is 12.9 Å². The van der Waals surface area contributed by atoms with Crippen molar-refractivity contribution in [2.75, 3.05) is 19.6 Å². The van der Waals surface area contributed by atoms with Crippen LogP contribution < -0.4 is 51.4 Å². The van der Waals surface area contributed by atoms with Crippen molar-refractivity contribution in [3.63, 3.8) is 0 Å². The maximum absolute atomic E-state index is 12.4. The predicted octanol–water partition coefficient (Wildman–Crippen LogP) is 0.691. The van der Waals surface area contributed by atoms with E-state index in [1.807, 2.05) is 4.90 Å². The fourth-order valence-corrected chi connectivity index (χ4v) is 2.40. The number of hydrogen-bond donors (Lipinski definition) is 0. The van der Waals surface area contributed by atoms with Crippen molar-refractivity contribution in [3.8, 4) is 0 Å². The molecule has 0 N–H and O–H groups in total. The summed E-state index contributed by atoms with van der Waals surface area (Å²) in [5.41, 5.74) is -0.562. The molecule has 0 aromatic carbocycles. The minimum Gasteiger partial charge on any atom is -0.445 e. The third kappa shape index (κ3) is 6.57. The third-order valence-electron chi connectivity index (χ3n) is 3.70. The minimum absolute atomic E-state index is 0. The SMILES string of the molecule is C=C(CN1CCCC(C(C)C)CC1)[B-](F)(F)F.[K+]. The number of likely N-dealkylation sites (tertiary alicyclic amines) is 1. The van der Waals surface area contributed by atoms with Gasteiger partial charge in [0.05, 0.1) is 0 Å². The Morgan fingerprint density at radius 2 is 1.89 bits per heavy atom. The molecule has 0 aromatic heterocycles. The van der Waals surface area contributed by atoms with Crippen molar-refractivity contribution in [2.45, 2.75) is 33.1 Å². The summed E-state index contributed by atoms with van der Waals surface area (Å²) in [6.07, 6.45) is 3.15. The van der Waals surface area contributed by atoms with E-state index in [1.54, 1.807) is 0 Å². The number of hydrogen-bond acceptors (Lipinski definition) is 1. The van der Waals surface area contributed by atoms with Crippen LogP contribution in [0.2, 0.25) is 0 Å². The van der Waals surface area contributed by atoms with E-state index in [2.05, 4.69) is 20.4 Å². The molecule has 1 nitrogen and oxygen atoms in total. The molecule has 1 aliphatic heterocycles. The number of nitrogens with zero attached hydrogens (tertiary/aromatic N) is 1. The van der Waals surface area contributed by atoms with Crippen molar-refractivity contribution >= 4 is 6.98 Å². The van der Waals surface area contributed by atoms with Crippen LogP contribution in [0.15, 0.2) is 12.1 Å². The first-order valence-corrected chi connectivity index (χ1v) is 6.40. The summed E-state index contributed by atoms with van der Waals surface area (Å²) in [6.45, 7) is 4.22. The molecule has 6 heteroatoms. The van der Waals surface area contributed by atoms with E-state index >= 15 is 0 Å². The van der Waals surface area contributed by atoms with Crippen molar-refractivity contribution in [3.05, 3.63) is 12.1 Å². The molecule has 1 fully saturated rings. The van der Waals surface area contributed by atoms with Gasteiger partial charge in [0.1, 0.15) is 0 Å². The molecule has 0 aromatic rings. The van der Waals surface area contributed by atoms with Gasteiger partial charge in [-0.05, 0) is 50.7 Å². The Morgan fingerprint density at radius 3 is 2.39 bits per heavy atom. The molecular formula is C12H22BF3KN. The Morgan fingerprint density at radius 1 is 1.28 bits per heavy atom. The molecule has 18 heavy (non-hydrogen) atoms. The molecule has 1 saturated heterocycles. The van der Waals surface area contributed by atoms with Gasteiger partial charge < -0.3 is 17.8 Å². The normalized spacial score (nSPS) is 22.4. The zero-order valence-corrected chi connectivity index (χ0v) is 14.9. The van der Waals surface area contributed by atoms with Crippen LogP contribution in [-0.4, -0.2) is 31.5 Å². The first-order chi connectivity index (χ1) is 7.80. The topological polar surface area (TPSA) is 3.24 Å². The van der Waals surface area contributed by atoms with Crippen LogP contribution in [0.3, 0.4) is 0 Å². The Labute approximate surface area is 151 Å². The monoisotopic (exact) mass is 287 g/mol. The van der Waals surface area contributed by atoms with Gasteiger partial charge in [0.15, 0.2) is 0 Å². The summed E-state index contributed by atoms with van der Waals surface area (Å²) in [5, 5.41) is 0. The van der Waals surface area contributed by atoms with Gasteiger partial charge in [-0.1, -0.05) is 13.8 Å². The van der Waals surface area contributed by atoms with E-state index in [0.717, 1.165) is 32.4 Å². The largest absolute Gasteiger partial charge is 1.00 e. The van der Waals surface area contributed by atoms with Gasteiger partial charge in [-0.3, -0.25) is 0 Å². The smallest absolute Gasteiger partial charge is 0.445 e. The summed E-state index contributed by atoms with van der Waals surface area (Å²) in [7, 11) is 0. The second-order valence-corrected chi connectivity index (χ2v) is 5.44. The molecular weight excluding hydrogens is 265 g/mol. The fourth-order valence-electron chi connectivity index (χ4n) is 2.40. The Bertz CT molecular complexity index is 269.